The van der Waals surface area contributed by atoms with Gasteiger partial charge in [0.2, 0.25) is 17.6 Å². The predicted molar refractivity (Wildman–Crippen MR) is 118 cm³/mol. The number of benzene rings is 2. The highest BCUT2D eigenvalue weighted by atomic mass is 32.2. The van der Waals surface area contributed by atoms with Crippen molar-refractivity contribution in [3.05, 3.63) is 65.5 Å². The number of aromatic amines is 1. The molecule has 2 N–H and O–H groups in total. The van der Waals surface area contributed by atoms with Crippen LogP contribution in [0, 0.1) is 0 Å². The molecule has 2 fully saturated rings. The molecule has 3 unspecified atom stereocenters. The predicted octanol–water partition coefficient (Wildman–Crippen LogP) is 4.24. The molecule has 33 heavy (non-hydrogen) atoms. The molecular formula is C23H21F3N4O2S. The summed E-state index contributed by atoms with van der Waals surface area (Å²) in [6.07, 6.45) is -3.45. The van der Waals surface area contributed by atoms with Crippen LogP contribution in [-0.2, 0) is 15.8 Å². The third kappa shape index (κ3) is 3.86. The number of carbonyl (C=O) groups excluding carboxylic acids is 2. The van der Waals surface area contributed by atoms with Gasteiger partial charge in [-0.1, -0.05) is 36.4 Å². The molecule has 0 bridgehead atoms. The Kier molecular flexibility index (Phi) is 5.15. The van der Waals surface area contributed by atoms with Gasteiger partial charge in [-0.15, -0.1) is 11.8 Å². The maximum atomic E-state index is 13.3. The highest BCUT2D eigenvalue weighted by Gasteiger charge is 2.53. The van der Waals surface area contributed by atoms with Crippen LogP contribution >= 0.6 is 11.8 Å². The van der Waals surface area contributed by atoms with E-state index >= 15 is 0 Å². The molecular weight excluding hydrogens is 453 g/mol. The molecule has 6 nitrogen and oxygen atoms in total. The summed E-state index contributed by atoms with van der Waals surface area (Å²) in [6.45, 7) is 1.98. The first-order valence-corrected chi connectivity index (χ1v) is 11.5. The molecule has 5 rings (SSSR count). The van der Waals surface area contributed by atoms with Gasteiger partial charge in [0.1, 0.15) is 6.04 Å². The lowest BCUT2D eigenvalue weighted by molar-refractivity contribution is -0.144. The molecule has 2 saturated heterocycles. The number of halogens is 3. The molecule has 172 valence electrons. The summed E-state index contributed by atoms with van der Waals surface area (Å²) in [5.74, 6) is -0.873. The number of H-pyrrole nitrogens is 1. The maximum Gasteiger partial charge on any atom is 0.449 e. The lowest BCUT2D eigenvalue weighted by Crippen LogP contribution is -2.50. The molecule has 3 heterocycles. The minimum absolute atomic E-state index is 0.0301. The van der Waals surface area contributed by atoms with Crippen molar-refractivity contribution in [2.75, 3.05) is 5.75 Å². The number of carbonyl (C=O) groups is 2. The number of hydrogen-bond acceptors (Lipinski definition) is 4. The average Bonchev–Trinajstić information content (AvgIpc) is 3.45. The van der Waals surface area contributed by atoms with Crippen LogP contribution in [0.1, 0.15) is 42.8 Å². The topological polar surface area (TPSA) is 78.1 Å². The summed E-state index contributed by atoms with van der Waals surface area (Å²) in [4.78, 5) is 33.1. The quantitative estimate of drug-likeness (QED) is 0.593. The molecule has 0 aliphatic carbocycles. The Morgan fingerprint density at radius 3 is 2.73 bits per heavy atom. The lowest BCUT2D eigenvalue weighted by Gasteiger charge is -2.31. The van der Waals surface area contributed by atoms with E-state index in [0.29, 0.717) is 24.2 Å². The standard InChI is InChI=1S/C23H21F3N4O2S/c1-22-10-9-18(31)30(22)17(12-33-22)20(32)29-19(13-5-3-2-4-6-13)14-7-8-15-16(11-14)28-21(27-15)23(24,25)26/h2-8,11,17,19H,9-10,12H2,1H3,(H,27,28)(H,29,32). The molecule has 10 heteroatoms. The van der Waals surface area contributed by atoms with E-state index in [1.807, 2.05) is 37.3 Å². The number of nitrogens with one attached hydrogen (secondary N) is 2. The molecule has 2 amide bonds. The van der Waals surface area contributed by atoms with Crippen LogP contribution in [0.25, 0.3) is 11.0 Å². The zero-order valence-corrected chi connectivity index (χ0v) is 18.5. The van der Waals surface area contributed by atoms with Gasteiger partial charge >= 0.3 is 6.18 Å². The molecule has 0 radical (unpaired) electrons. The molecule has 0 spiro atoms. The highest BCUT2D eigenvalue weighted by Crippen LogP contribution is 2.47. The summed E-state index contributed by atoms with van der Waals surface area (Å²) in [5.41, 5.74) is 1.81. The van der Waals surface area contributed by atoms with Crippen molar-refractivity contribution in [3.8, 4) is 0 Å². The summed E-state index contributed by atoms with van der Waals surface area (Å²) in [7, 11) is 0. The smallest absolute Gasteiger partial charge is 0.343 e. The summed E-state index contributed by atoms with van der Waals surface area (Å²) in [6, 6.07) is 12.7. The zero-order valence-electron chi connectivity index (χ0n) is 17.6. The van der Waals surface area contributed by atoms with Crippen LogP contribution in [0.15, 0.2) is 48.5 Å². The molecule has 2 aromatic carbocycles. The van der Waals surface area contributed by atoms with Crippen LogP contribution < -0.4 is 5.32 Å². The number of aromatic nitrogens is 2. The Labute approximate surface area is 191 Å². The van der Waals surface area contributed by atoms with E-state index in [9.17, 15) is 22.8 Å². The molecule has 2 aliphatic rings. The van der Waals surface area contributed by atoms with Crippen LogP contribution in [0.4, 0.5) is 13.2 Å². The lowest BCUT2D eigenvalue weighted by atomic mass is 9.97. The number of imidazole rings is 1. The number of fused-ring (bicyclic) bond motifs is 2. The fraction of sp³-hybridized carbons (Fsp3) is 0.348. The summed E-state index contributed by atoms with van der Waals surface area (Å²) in [5, 5.41) is 3.04. The summed E-state index contributed by atoms with van der Waals surface area (Å²) < 4.78 is 39.2. The van der Waals surface area contributed by atoms with Crippen LogP contribution in [0.2, 0.25) is 0 Å². The van der Waals surface area contributed by atoms with E-state index in [4.69, 9.17) is 0 Å². The van der Waals surface area contributed by atoms with E-state index in [0.717, 1.165) is 5.56 Å². The van der Waals surface area contributed by atoms with Gasteiger partial charge < -0.3 is 15.2 Å². The van der Waals surface area contributed by atoms with E-state index in [1.165, 1.54) is 6.07 Å². The van der Waals surface area contributed by atoms with Gasteiger partial charge in [-0.2, -0.15) is 13.2 Å². The second kappa shape index (κ2) is 7.79. The number of thioether (sulfide) groups is 1. The number of rotatable bonds is 4. The molecule has 2 aliphatic heterocycles. The third-order valence-electron chi connectivity index (χ3n) is 6.27. The Bertz CT molecular complexity index is 1230. The van der Waals surface area contributed by atoms with Gasteiger partial charge in [0.15, 0.2) is 0 Å². The Hall–Kier alpha value is -3.01. The highest BCUT2D eigenvalue weighted by molar-refractivity contribution is 8.01. The number of amides is 2. The fourth-order valence-corrected chi connectivity index (χ4v) is 6.03. The van der Waals surface area contributed by atoms with Crippen molar-refractivity contribution in [2.24, 2.45) is 0 Å². The monoisotopic (exact) mass is 474 g/mol. The third-order valence-corrected chi connectivity index (χ3v) is 7.78. The Morgan fingerprint density at radius 1 is 1.24 bits per heavy atom. The van der Waals surface area contributed by atoms with E-state index < -0.39 is 24.1 Å². The Morgan fingerprint density at radius 2 is 2.00 bits per heavy atom. The van der Waals surface area contributed by atoms with E-state index in [2.05, 4.69) is 15.3 Å². The van der Waals surface area contributed by atoms with Gasteiger partial charge in [-0.05, 0) is 36.6 Å². The molecule has 3 atom stereocenters. The minimum Gasteiger partial charge on any atom is -0.343 e. The van der Waals surface area contributed by atoms with Crippen molar-refractivity contribution >= 4 is 34.6 Å². The van der Waals surface area contributed by atoms with Crippen molar-refractivity contribution in [1.29, 1.82) is 0 Å². The van der Waals surface area contributed by atoms with Crippen molar-refractivity contribution in [2.45, 2.75) is 42.9 Å². The van der Waals surface area contributed by atoms with Gasteiger partial charge in [0.25, 0.3) is 0 Å². The van der Waals surface area contributed by atoms with E-state index in [-0.39, 0.29) is 27.7 Å². The van der Waals surface area contributed by atoms with Crippen molar-refractivity contribution in [1.82, 2.24) is 20.2 Å². The second-order valence-corrected chi connectivity index (χ2v) is 9.98. The van der Waals surface area contributed by atoms with Gasteiger partial charge in [-0.25, -0.2) is 4.98 Å². The van der Waals surface area contributed by atoms with Crippen LogP contribution in [0.5, 0.6) is 0 Å². The number of alkyl halides is 3. The molecule has 1 aromatic heterocycles. The van der Waals surface area contributed by atoms with Crippen LogP contribution in [0.3, 0.4) is 0 Å². The first-order chi connectivity index (χ1) is 15.7. The fourth-order valence-electron chi connectivity index (χ4n) is 4.60. The zero-order chi connectivity index (χ0) is 23.4. The van der Waals surface area contributed by atoms with Crippen molar-refractivity contribution < 1.29 is 22.8 Å². The first kappa shape index (κ1) is 21.8. The average molecular weight is 475 g/mol. The van der Waals surface area contributed by atoms with E-state index in [1.54, 1.807) is 28.8 Å². The second-order valence-electron chi connectivity index (χ2n) is 8.48. The van der Waals surface area contributed by atoms with Crippen LogP contribution in [-0.4, -0.2) is 43.3 Å². The van der Waals surface area contributed by atoms with Gasteiger partial charge in [0.05, 0.1) is 21.9 Å². The molecule has 3 aromatic rings. The summed E-state index contributed by atoms with van der Waals surface area (Å²) >= 11 is 1.61. The largest absolute Gasteiger partial charge is 0.449 e. The number of nitrogens with zero attached hydrogens (tertiary/aromatic N) is 2. The SMILES string of the molecule is CC12CCC(=O)N1C(C(=O)NC(c1ccccc1)c1ccc3nc(C(F)(F)F)[nH]c3c1)CS2. The van der Waals surface area contributed by atoms with Crippen molar-refractivity contribution in [3.63, 3.8) is 0 Å². The Balaban J connectivity index is 1.48. The molecule has 0 saturated carbocycles. The van der Waals surface area contributed by atoms with Gasteiger partial charge in [0, 0.05) is 12.2 Å². The number of hydrogen-bond donors (Lipinski definition) is 2. The first-order valence-electron chi connectivity index (χ1n) is 10.5. The minimum atomic E-state index is -4.58. The normalized spacial score (nSPS) is 23.7. The maximum absolute atomic E-state index is 13.3. The van der Waals surface area contributed by atoms with Gasteiger partial charge in [-0.3, -0.25) is 9.59 Å².